The molecule has 1 aliphatic rings. The van der Waals surface area contributed by atoms with Crippen molar-refractivity contribution in [2.45, 2.75) is 40.5 Å². The molecule has 1 saturated heterocycles. The van der Waals surface area contributed by atoms with Gasteiger partial charge in [0.1, 0.15) is 0 Å². The van der Waals surface area contributed by atoms with E-state index < -0.39 is 0 Å². The minimum Gasteiger partial charge on any atom is -0.662 e. The van der Waals surface area contributed by atoms with E-state index in [9.17, 15) is 0 Å². The van der Waals surface area contributed by atoms with Crippen LogP contribution in [0, 0.1) is 17.3 Å². The van der Waals surface area contributed by atoms with Gasteiger partial charge in [-0.25, -0.2) is 0 Å². The molecular formula is C11H22NY-. The minimum atomic E-state index is 0. The van der Waals surface area contributed by atoms with Gasteiger partial charge in [-0.1, -0.05) is 40.5 Å². The van der Waals surface area contributed by atoms with Gasteiger partial charge in [-0.2, -0.15) is 0 Å². The third kappa shape index (κ3) is 3.01. The van der Waals surface area contributed by atoms with Crippen LogP contribution in [0.4, 0.5) is 0 Å². The van der Waals surface area contributed by atoms with Gasteiger partial charge in [0.2, 0.25) is 0 Å². The van der Waals surface area contributed by atoms with Crippen LogP contribution < -0.4 is 0 Å². The molecule has 1 nitrogen and oxygen atoms in total. The minimum absolute atomic E-state index is 0. The van der Waals surface area contributed by atoms with E-state index in [1.807, 2.05) is 0 Å². The molecule has 0 N–H and O–H groups in total. The summed E-state index contributed by atoms with van der Waals surface area (Å²) in [6.07, 6.45) is 2.62. The van der Waals surface area contributed by atoms with Crippen molar-refractivity contribution in [2.24, 2.45) is 17.3 Å². The maximum Gasteiger partial charge on any atom is 0 e. The average Bonchev–Trinajstić information content (AvgIpc) is 2.05. The summed E-state index contributed by atoms with van der Waals surface area (Å²) in [5.74, 6) is 1.63. The predicted molar refractivity (Wildman–Crippen MR) is 54.4 cm³/mol. The van der Waals surface area contributed by atoms with Crippen LogP contribution in [-0.4, -0.2) is 13.1 Å². The van der Waals surface area contributed by atoms with Gasteiger partial charge < -0.3 is 5.32 Å². The van der Waals surface area contributed by atoms with Crippen LogP contribution in [0.25, 0.3) is 5.32 Å². The Morgan fingerprint density at radius 1 is 0.923 bits per heavy atom. The van der Waals surface area contributed by atoms with Crippen LogP contribution in [0.5, 0.6) is 0 Å². The van der Waals surface area contributed by atoms with Crippen molar-refractivity contribution < 1.29 is 32.7 Å². The maximum atomic E-state index is 4.44. The molecule has 0 unspecified atom stereocenters. The Morgan fingerprint density at radius 3 is 1.54 bits per heavy atom. The van der Waals surface area contributed by atoms with Crippen LogP contribution >= 0.6 is 0 Å². The molecule has 0 amide bonds. The third-order valence-corrected chi connectivity index (χ3v) is 3.77. The van der Waals surface area contributed by atoms with E-state index in [4.69, 9.17) is 0 Å². The van der Waals surface area contributed by atoms with Crippen molar-refractivity contribution in [2.75, 3.05) is 13.1 Å². The summed E-state index contributed by atoms with van der Waals surface area (Å²) in [6, 6.07) is 0. The van der Waals surface area contributed by atoms with Gasteiger partial charge in [0, 0.05) is 32.7 Å². The van der Waals surface area contributed by atoms with E-state index in [1.165, 1.54) is 12.8 Å². The third-order valence-electron chi connectivity index (χ3n) is 3.77. The second-order valence-corrected chi connectivity index (χ2v) is 4.71. The molecule has 0 atom stereocenters. The molecule has 75 valence electrons. The van der Waals surface area contributed by atoms with E-state index in [0.717, 1.165) is 24.9 Å². The molecule has 0 aromatic heterocycles. The zero-order chi connectivity index (χ0) is 9.19. The number of hydrogen-bond donors (Lipinski definition) is 0. The molecule has 13 heavy (non-hydrogen) atoms. The van der Waals surface area contributed by atoms with Gasteiger partial charge in [0.05, 0.1) is 0 Å². The molecule has 0 saturated carbocycles. The topological polar surface area (TPSA) is 14.1 Å². The summed E-state index contributed by atoms with van der Waals surface area (Å²) < 4.78 is 0. The van der Waals surface area contributed by atoms with Crippen molar-refractivity contribution in [1.82, 2.24) is 0 Å². The molecule has 0 bridgehead atoms. The Bertz CT molecular complexity index is 127. The smallest absolute Gasteiger partial charge is 0 e. The first kappa shape index (κ1) is 14.1. The number of rotatable bonds is 2. The van der Waals surface area contributed by atoms with Crippen LogP contribution in [0.15, 0.2) is 0 Å². The van der Waals surface area contributed by atoms with Gasteiger partial charge in [0.15, 0.2) is 0 Å². The van der Waals surface area contributed by atoms with Gasteiger partial charge in [0.25, 0.3) is 0 Å². The van der Waals surface area contributed by atoms with Crippen molar-refractivity contribution in [1.29, 1.82) is 0 Å². The van der Waals surface area contributed by atoms with Gasteiger partial charge in [-0.05, 0) is 17.3 Å². The SMILES string of the molecule is CC(C)C1(C(C)C)CC[N-]CC1.[Y]. The van der Waals surface area contributed by atoms with Crippen molar-refractivity contribution in [3.63, 3.8) is 0 Å². The Morgan fingerprint density at radius 2 is 1.31 bits per heavy atom. The molecule has 0 aliphatic carbocycles. The summed E-state index contributed by atoms with van der Waals surface area (Å²) >= 11 is 0. The fourth-order valence-corrected chi connectivity index (χ4v) is 2.63. The fraction of sp³-hybridized carbons (Fsp3) is 1.00. The van der Waals surface area contributed by atoms with Gasteiger partial charge in [-0.3, -0.25) is 0 Å². The van der Waals surface area contributed by atoms with E-state index in [2.05, 4.69) is 33.0 Å². The second kappa shape index (κ2) is 5.83. The fourth-order valence-electron chi connectivity index (χ4n) is 2.63. The number of nitrogens with zero attached hydrogens (tertiary/aromatic N) is 1. The van der Waals surface area contributed by atoms with Crippen LogP contribution in [-0.2, 0) is 32.7 Å². The van der Waals surface area contributed by atoms with Crippen LogP contribution in [0.3, 0.4) is 0 Å². The number of hydrogen-bond acceptors (Lipinski definition) is 0. The Labute approximate surface area is 108 Å². The molecule has 2 heteroatoms. The quantitative estimate of drug-likeness (QED) is 0.719. The summed E-state index contributed by atoms with van der Waals surface area (Å²) in [7, 11) is 0. The van der Waals surface area contributed by atoms with Crippen molar-refractivity contribution in [3.05, 3.63) is 5.32 Å². The Kier molecular flexibility index (Phi) is 6.30. The first-order valence-corrected chi connectivity index (χ1v) is 5.23. The zero-order valence-electron chi connectivity index (χ0n) is 9.51. The average molecular weight is 257 g/mol. The number of piperidine rings is 1. The summed E-state index contributed by atoms with van der Waals surface area (Å²) in [5.41, 5.74) is 0.585. The largest absolute Gasteiger partial charge is 0.662 e. The van der Waals surface area contributed by atoms with E-state index in [0.29, 0.717) is 5.41 Å². The molecule has 0 spiro atoms. The van der Waals surface area contributed by atoms with Crippen LogP contribution in [0.1, 0.15) is 40.5 Å². The standard InChI is InChI=1S/C11H22N.Y/c1-9(2)11(10(3)4)5-7-12-8-6-11;/h9-10H,5-8H2,1-4H3;/q-1;. The molecular weight excluding hydrogens is 235 g/mol. The maximum absolute atomic E-state index is 4.44. The molecule has 0 aromatic carbocycles. The molecule has 1 heterocycles. The summed E-state index contributed by atoms with van der Waals surface area (Å²) in [4.78, 5) is 0. The van der Waals surface area contributed by atoms with Crippen LogP contribution in [0.2, 0.25) is 0 Å². The Hall–Kier alpha value is 1.06. The van der Waals surface area contributed by atoms with E-state index in [-0.39, 0.29) is 32.7 Å². The molecule has 0 aromatic rings. The zero-order valence-corrected chi connectivity index (χ0v) is 12.3. The van der Waals surface area contributed by atoms with Crippen molar-refractivity contribution in [3.8, 4) is 0 Å². The normalized spacial score (nSPS) is 21.7. The van der Waals surface area contributed by atoms with E-state index >= 15 is 0 Å². The first-order chi connectivity index (χ1) is 5.59. The van der Waals surface area contributed by atoms with E-state index in [1.54, 1.807) is 0 Å². The Balaban J connectivity index is 0.00000144. The first-order valence-electron chi connectivity index (χ1n) is 5.23. The molecule has 1 radical (unpaired) electrons. The summed E-state index contributed by atoms with van der Waals surface area (Å²) in [5, 5.41) is 4.44. The summed E-state index contributed by atoms with van der Waals surface area (Å²) in [6.45, 7) is 11.7. The molecule has 1 rings (SSSR count). The van der Waals surface area contributed by atoms with Gasteiger partial charge in [-0.15, -0.1) is 13.1 Å². The monoisotopic (exact) mass is 257 g/mol. The molecule has 1 fully saturated rings. The molecule has 1 aliphatic heterocycles. The second-order valence-electron chi connectivity index (χ2n) is 4.71. The van der Waals surface area contributed by atoms with Crippen molar-refractivity contribution >= 4 is 0 Å². The predicted octanol–water partition coefficient (Wildman–Crippen LogP) is 3.45. The van der Waals surface area contributed by atoms with Gasteiger partial charge >= 0.3 is 0 Å².